The molecule has 0 aromatic carbocycles. The van der Waals surface area contributed by atoms with E-state index >= 15 is 0 Å². The molecule has 0 bridgehead atoms. The molecule has 3 nitrogen and oxygen atoms in total. The summed E-state index contributed by atoms with van der Waals surface area (Å²) in [5, 5.41) is 3.51. The van der Waals surface area contributed by atoms with Crippen LogP contribution in [0.4, 0.5) is 0 Å². The molecule has 0 saturated carbocycles. The lowest BCUT2D eigenvalue weighted by Crippen LogP contribution is -2.26. The SMILES string of the molecule is NCc1cncc(C2CCCCN2)c1. The molecule has 3 heteroatoms. The fourth-order valence-corrected chi connectivity index (χ4v) is 1.95. The van der Waals surface area contributed by atoms with Crippen molar-refractivity contribution in [3.05, 3.63) is 29.6 Å². The number of nitrogens with one attached hydrogen (secondary N) is 1. The summed E-state index contributed by atoms with van der Waals surface area (Å²) >= 11 is 0. The van der Waals surface area contributed by atoms with E-state index in [-0.39, 0.29) is 0 Å². The number of aromatic nitrogens is 1. The number of hydrogen-bond donors (Lipinski definition) is 2. The fourth-order valence-electron chi connectivity index (χ4n) is 1.95. The lowest BCUT2D eigenvalue weighted by atomic mass is 9.98. The second-order valence-corrected chi connectivity index (χ2v) is 3.83. The summed E-state index contributed by atoms with van der Waals surface area (Å²) in [4.78, 5) is 4.21. The van der Waals surface area contributed by atoms with E-state index in [2.05, 4.69) is 16.4 Å². The Kier molecular flexibility index (Phi) is 3.11. The molecule has 1 fully saturated rings. The third-order valence-corrected chi connectivity index (χ3v) is 2.76. The predicted octanol–water partition coefficient (Wildman–Crippen LogP) is 1.35. The first-order chi connectivity index (χ1) is 6.90. The van der Waals surface area contributed by atoms with Crippen LogP contribution in [0.25, 0.3) is 0 Å². The molecule has 0 amide bonds. The van der Waals surface area contributed by atoms with Gasteiger partial charge in [-0.2, -0.15) is 0 Å². The van der Waals surface area contributed by atoms with Crippen molar-refractivity contribution in [1.29, 1.82) is 0 Å². The summed E-state index contributed by atoms with van der Waals surface area (Å²) in [6, 6.07) is 2.65. The number of hydrogen-bond acceptors (Lipinski definition) is 3. The van der Waals surface area contributed by atoms with Crippen LogP contribution in [0.2, 0.25) is 0 Å². The zero-order valence-electron chi connectivity index (χ0n) is 8.37. The van der Waals surface area contributed by atoms with E-state index in [1.165, 1.54) is 24.8 Å². The highest BCUT2D eigenvalue weighted by molar-refractivity contribution is 5.21. The third-order valence-electron chi connectivity index (χ3n) is 2.76. The maximum Gasteiger partial charge on any atom is 0.0335 e. The number of pyridine rings is 1. The lowest BCUT2D eigenvalue weighted by Gasteiger charge is -2.23. The zero-order valence-corrected chi connectivity index (χ0v) is 8.37. The molecule has 1 saturated heterocycles. The van der Waals surface area contributed by atoms with Gasteiger partial charge >= 0.3 is 0 Å². The Morgan fingerprint density at radius 1 is 1.43 bits per heavy atom. The molecular formula is C11H17N3. The van der Waals surface area contributed by atoms with Gasteiger partial charge in [0.2, 0.25) is 0 Å². The fraction of sp³-hybridized carbons (Fsp3) is 0.545. The molecule has 1 aliphatic rings. The third kappa shape index (κ3) is 2.11. The Morgan fingerprint density at radius 2 is 2.36 bits per heavy atom. The van der Waals surface area contributed by atoms with Crippen LogP contribution < -0.4 is 11.1 Å². The monoisotopic (exact) mass is 191 g/mol. The van der Waals surface area contributed by atoms with Crippen LogP contribution in [0.5, 0.6) is 0 Å². The van der Waals surface area contributed by atoms with Crippen molar-refractivity contribution in [2.24, 2.45) is 5.73 Å². The molecule has 14 heavy (non-hydrogen) atoms. The molecule has 76 valence electrons. The maximum atomic E-state index is 5.59. The van der Waals surface area contributed by atoms with Crippen LogP contribution in [0.15, 0.2) is 18.5 Å². The molecule has 0 radical (unpaired) electrons. The van der Waals surface area contributed by atoms with E-state index in [0.29, 0.717) is 12.6 Å². The van der Waals surface area contributed by atoms with Crippen LogP contribution in [0, 0.1) is 0 Å². The molecule has 0 spiro atoms. The average Bonchev–Trinajstić information content (AvgIpc) is 2.30. The number of nitrogens with two attached hydrogens (primary N) is 1. The van der Waals surface area contributed by atoms with E-state index < -0.39 is 0 Å². The number of piperidine rings is 1. The zero-order chi connectivity index (χ0) is 9.80. The summed E-state index contributed by atoms with van der Waals surface area (Å²) in [6.07, 6.45) is 7.61. The quantitative estimate of drug-likeness (QED) is 0.742. The minimum atomic E-state index is 0.489. The van der Waals surface area contributed by atoms with Crippen LogP contribution in [-0.2, 0) is 6.54 Å². The molecule has 3 N–H and O–H groups in total. The molecule has 1 unspecified atom stereocenters. The van der Waals surface area contributed by atoms with Gasteiger partial charge in [-0.25, -0.2) is 0 Å². The van der Waals surface area contributed by atoms with Gasteiger partial charge in [0.05, 0.1) is 0 Å². The topological polar surface area (TPSA) is 50.9 Å². The first-order valence-electron chi connectivity index (χ1n) is 5.27. The van der Waals surface area contributed by atoms with Gasteiger partial charge in [0.15, 0.2) is 0 Å². The van der Waals surface area contributed by atoms with E-state index in [0.717, 1.165) is 12.1 Å². The molecule has 1 aliphatic heterocycles. The standard InChI is InChI=1S/C11H17N3/c12-6-9-5-10(8-13-7-9)11-3-1-2-4-14-11/h5,7-8,11,14H,1-4,6,12H2. The highest BCUT2D eigenvalue weighted by Gasteiger charge is 2.14. The first-order valence-corrected chi connectivity index (χ1v) is 5.27. The van der Waals surface area contributed by atoms with Crippen LogP contribution in [0.1, 0.15) is 36.4 Å². The minimum absolute atomic E-state index is 0.489. The molecule has 1 atom stereocenters. The molecule has 1 aromatic rings. The minimum Gasteiger partial charge on any atom is -0.326 e. The normalized spacial score (nSPS) is 22.2. The van der Waals surface area contributed by atoms with Gasteiger partial charge < -0.3 is 11.1 Å². The van der Waals surface area contributed by atoms with Crippen molar-refractivity contribution in [3.8, 4) is 0 Å². The largest absolute Gasteiger partial charge is 0.326 e. The van der Waals surface area contributed by atoms with Gasteiger partial charge in [-0.1, -0.05) is 6.42 Å². The van der Waals surface area contributed by atoms with Gasteiger partial charge in [0, 0.05) is 25.0 Å². The molecule has 0 aliphatic carbocycles. The van der Waals surface area contributed by atoms with Crippen molar-refractivity contribution in [3.63, 3.8) is 0 Å². The van der Waals surface area contributed by atoms with E-state index in [9.17, 15) is 0 Å². The van der Waals surface area contributed by atoms with E-state index in [1.54, 1.807) is 0 Å². The molecular weight excluding hydrogens is 174 g/mol. The summed E-state index contributed by atoms with van der Waals surface area (Å²) in [5.74, 6) is 0. The van der Waals surface area contributed by atoms with Crippen LogP contribution in [-0.4, -0.2) is 11.5 Å². The van der Waals surface area contributed by atoms with Crippen LogP contribution >= 0.6 is 0 Å². The Balaban J connectivity index is 2.13. The van der Waals surface area contributed by atoms with Gasteiger partial charge in [0.1, 0.15) is 0 Å². The van der Waals surface area contributed by atoms with E-state index in [1.807, 2.05) is 12.4 Å². The van der Waals surface area contributed by atoms with Crippen molar-refractivity contribution in [2.75, 3.05) is 6.54 Å². The van der Waals surface area contributed by atoms with Crippen molar-refractivity contribution in [1.82, 2.24) is 10.3 Å². The highest BCUT2D eigenvalue weighted by Crippen LogP contribution is 2.22. The highest BCUT2D eigenvalue weighted by atomic mass is 14.9. The Morgan fingerprint density at radius 3 is 3.07 bits per heavy atom. The van der Waals surface area contributed by atoms with Gasteiger partial charge in [-0.3, -0.25) is 4.98 Å². The van der Waals surface area contributed by atoms with Gasteiger partial charge in [-0.15, -0.1) is 0 Å². The number of nitrogens with zero attached hydrogens (tertiary/aromatic N) is 1. The average molecular weight is 191 g/mol. The Bertz CT molecular complexity index is 292. The predicted molar refractivity (Wildman–Crippen MR) is 56.7 cm³/mol. The van der Waals surface area contributed by atoms with Gasteiger partial charge in [0.25, 0.3) is 0 Å². The summed E-state index contributed by atoms with van der Waals surface area (Å²) in [5.41, 5.74) is 7.99. The Hall–Kier alpha value is -0.930. The smallest absolute Gasteiger partial charge is 0.0335 e. The van der Waals surface area contributed by atoms with Crippen molar-refractivity contribution >= 4 is 0 Å². The first kappa shape index (κ1) is 9.62. The molecule has 2 rings (SSSR count). The van der Waals surface area contributed by atoms with Gasteiger partial charge in [-0.05, 0) is 36.6 Å². The summed E-state index contributed by atoms with van der Waals surface area (Å²) < 4.78 is 0. The van der Waals surface area contributed by atoms with Crippen molar-refractivity contribution < 1.29 is 0 Å². The molecule has 1 aromatic heterocycles. The Labute approximate surface area is 84.7 Å². The maximum absolute atomic E-state index is 5.59. The van der Waals surface area contributed by atoms with Crippen LogP contribution in [0.3, 0.4) is 0 Å². The second kappa shape index (κ2) is 4.53. The van der Waals surface area contributed by atoms with Crippen molar-refractivity contribution in [2.45, 2.75) is 31.8 Å². The second-order valence-electron chi connectivity index (χ2n) is 3.83. The summed E-state index contributed by atoms with van der Waals surface area (Å²) in [6.45, 7) is 1.70. The van der Waals surface area contributed by atoms with E-state index in [4.69, 9.17) is 5.73 Å². The lowest BCUT2D eigenvalue weighted by molar-refractivity contribution is 0.411. The molecule has 2 heterocycles. The summed E-state index contributed by atoms with van der Waals surface area (Å²) in [7, 11) is 0. The number of rotatable bonds is 2.